The van der Waals surface area contributed by atoms with E-state index in [1.807, 2.05) is 18.8 Å². The van der Waals surface area contributed by atoms with Crippen LogP contribution in [0.15, 0.2) is 4.99 Å². The number of hydrogen-bond acceptors (Lipinski definition) is 3. The molecule has 0 atom stereocenters. The van der Waals surface area contributed by atoms with E-state index in [-0.39, 0.29) is 0 Å². The van der Waals surface area contributed by atoms with Gasteiger partial charge in [-0.1, -0.05) is 0 Å². The second-order valence-electron chi connectivity index (χ2n) is 6.87. The number of guanidine groups is 1. The molecule has 0 aromatic carbocycles. The molecule has 0 bridgehead atoms. The molecular formula is C18H36N6. The van der Waals surface area contributed by atoms with Crippen LogP contribution in [0.25, 0.3) is 0 Å². The Morgan fingerprint density at radius 1 is 1.12 bits per heavy atom. The fourth-order valence-electron chi connectivity index (χ4n) is 3.12. The van der Waals surface area contributed by atoms with Crippen LogP contribution in [0.2, 0.25) is 0 Å². The van der Waals surface area contributed by atoms with E-state index < -0.39 is 0 Å². The first-order chi connectivity index (χ1) is 11.3. The first-order valence-corrected chi connectivity index (χ1v) is 8.97. The second kappa shape index (κ2) is 9.67. The maximum absolute atomic E-state index is 4.47. The van der Waals surface area contributed by atoms with Crippen LogP contribution in [-0.4, -0.2) is 59.4 Å². The molecule has 6 nitrogen and oxygen atoms in total. The minimum Gasteiger partial charge on any atom is -0.356 e. The zero-order chi connectivity index (χ0) is 18.3. The predicted molar refractivity (Wildman–Crippen MR) is 103 cm³/mol. The lowest BCUT2D eigenvalue weighted by atomic mass is 10.1. The summed E-state index contributed by atoms with van der Waals surface area (Å²) in [6.07, 6.45) is 0.955. The van der Waals surface area contributed by atoms with E-state index in [0.29, 0.717) is 12.1 Å². The van der Waals surface area contributed by atoms with Crippen LogP contribution in [0.4, 0.5) is 0 Å². The van der Waals surface area contributed by atoms with Gasteiger partial charge in [0.2, 0.25) is 0 Å². The van der Waals surface area contributed by atoms with Crippen LogP contribution >= 0.6 is 0 Å². The Balaban J connectivity index is 2.40. The summed E-state index contributed by atoms with van der Waals surface area (Å²) in [7, 11) is 3.81. The number of hydrogen-bond donors (Lipinski definition) is 2. The minimum atomic E-state index is 0.554. The average Bonchev–Trinajstić information content (AvgIpc) is 2.74. The highest BCUT2D eigenvalue weighted by molar-refractivity contribution is 5.79. The van der Waals surface area contributed by atoms with Crippen molar-refractivity contribution in [3.8, 4) is 0 Å². The van der Waals surface area contributed by atoms with Crippen LogP contribution < -0.4 is 10.6 Å². The molecule has 138 valence electrons. The van der Waals surface area contributed by atoms with Crippen molar-refractivity contribution in [2.45, 2.75) is 60.0 Å². The largest absolute Gasteiger partial charge is 0.356 e. The Kier molecular flexibility index (Phi) is 8.25. The number of aliphatic imine (C=N–C) groups is 1. The lowest BCUT2D eigenvalue weighted by Crippen LogP contribution is -2.45. The first kappa shape index (κ1) is 20.5. The normalized spacial score (nSPS) is 12.5. The molecule has 0 amide bonds. The summed E-state index contributed by atoms with van der Waals surface area (Å²) in [4.78, 5) is 6.79. The summed E-state index contributed by atoms with van der Waals surface area (Å²) < 4.78 is 1.95. The zero-order valence-corrected chi connectivity index (χ0v) is 16.8. The Hall–Kier alpha value is -1.56. The highest BCUT2D eigenvalue weighted by atomic mass is 15.3. The molecule has 1 heterocycles. The van der Waals surface area contributed by atoms with E-state index in [2.05, 4.69) is 67.2 Å². The predicted octanol–water partition coefficient (Wildman–Crippen LogP) is 1.86. The molecule has 24 heavy (non-hydrogen) atoms. The van der Waals surface area contributed by atoms with Gasteiger partial charge in [0.1, 0.15) is 0 Å². The van der Waals surface area contributed by atoms with E-state index in [1.54, 1.807) is 0 Å². The molecule has 1 aromatic heterocycles. The second-order valence-corrected chi connectivity index (χ2v) is 6.87. The van der Waals surface area contributed by atoms with Crippen molar-refractivity contribution in [1.29, 1.82) is 0 Å². The highest BCUT2D eigenvalue weighted by Gasteiger charge is 2.13. The van der Waals surface area contributed by atoms with Gasteiger partial charge < -0.3 is 10.6 Å². The molecular weight excluding hydrogens is 300 g/mol. The van der Waals surface area contributed by atoms with Gasteiger partial charge in [-0.3, -0.25) is 14.6 Å². The summed E-state index contributed by atoms with van der Waals surface area (Å²) >= 11 is 0. The van der Waals surface area contributed by atoms with Crippen molar-refractivity contribution < 1.29 is 0 Å². The topological polar surface area (TPSA) is 57.5 Å². The molecule has 2 N–H and O–H groups in total. The molecule has 0 spiro atoms. The maximum Gasteiger partial charge on any atom is 0.191 e. The van der Waals surface area contributed by atoms with E-state index in [9.17, 15) is 0 Å². The van der Waals surface area contributed by atoms with Gasteiger partial charge >= 0.3 is 0 Å². The van der Waals surface area contributed by atoms with Crippen molar-refractivity contribution in [3.05, 3.63) is 17.0 Å². The fraction of sp³-hybridized carbons (Fsp3) is 0.778. The number of nitrogens with one attached hydrogen (secondary N) is 2. The van der Waals surface area contributed by atoms with Crippen molar-refractivity contribution in [1.82, 2.24) is 25.3 Å². The molecule has 1 aromatic rings. The van der Waals surface area contributed by atoms with Gasteiger partial charge in [-0.05, 0) is 53.5 Å². The van der Waals surface area contributed by atoms with Crippen molar-refractivity contribution in [2.24, 2.45) is 12.0 Å². The monoisotopic (exact) mass is 336 g/mol. The molecule has 0 unspecified atom stereocenters. The first-order valence-electron chi connectivity index (χ1n) is 8.97. The molecule has 0 saturated carbocycles. The number of aryl methyl sites for hydroxylation is 2. The summed E-state index contributed by atoms with van der Waals surface area (Å²) in [5.74, 6) is 0.863. The number of aromatic nitrogens is 2. The van der Waals surface area contributed by atoms with Crippen LogP contribution in [-0.2, 0) is 13.5 Å². The Morgan fingerprint density at radius 2 is 1.71 bits per heavy atom. The average molecular weight is 337 g/mol. The fourth-order valence-corrected chi connectivity index (χ4v) is 3.12. The third-order valence-electron chi connectivity index (χ3n) is 4.54. The lowest BCUT2D eigenvalue weighted by Gasteiger charge is -2.30. The van der Waals surface area contributed by atoms with E-state index in [0.717, 1.165) is 37.7 Å². The minimum absolute atomic E-state index is 0.554. The lowest BCUT2D eigenvalue weighted by molar-refractivity contribution is 0.178. The number of nitrogens with zero attached hydrogens (tertiary/aromatic N) is 4. The Bertz CT molecular complexity index is 522. The van der Waals surface area contributed by atoms with Crippen LogP contribution in [0, 0.1) is 13.8 Å². The molecule has 0 aliphatic heterocycles. The maximum atomic E-state index is 4.47. The molecule has 0 aliphatic rings. The summed E-state index contributed by atoms with van der Waals surface area (Å²) in [5, 5.41) is 11.3. The van der Waals surface area contributed by atoms with Crippen molar-refractivity contribution in [3.63, 3.8) is 0 Å². The van der Waals surface area contributed by atoms with Gasteiger partial charge in [0.25, 0.3) is 0 Å². The van der Waals surface area contributed by atoms with Crippen molar-refractivity contribution in [2.75, 3.05) is 26.7 Å². The quantitative estimate of drug-likeness (QED) is 0.562. The molecule has 0 aliphatic carbocycles. The molecule has 0 saturated heterocycles. The SMILES string of the molecule is CN=C(NCCc1c(C)nn(C)c1C)NCCN(C(C)C)C(C)C. The summed E-state index contributed by atoms with van der Waals surface area (Å²) in [5.41, 5.74) is 3.68. The van der Waals surface area contributed by atoms with Crippen LogP contribution in [0.5, 0.6) is 0 Å². The van der Waals surface area contributed by atoms with Gasteiger partial charge in [0.05, 0.1) is 5.69 Å². The smallest absolute Gasteiger partial charge is 0.191 e. The van der Waals surface area contributed by atoms with Gasteiger partial charge in [-0.15, -0.1) is 0 Å². The van der Waals surface area contributed by atoms with Gasteiger partial charge in [0.15, 0.2) is 5.96 Å². The van der Waals surface area contributed by atoms with E-state index in [1.165, 1.54) is 11.3 Å². The molecule has 6 heteroatoms. The summed E-state index contributed by atoms with van der Waals surface area (Å²) in [6.45, 7) is 15.9. The third kappa shape index (κ3) is 5.82. The van der Waals surface area contributed by atoms with Crippen molar-refractivity contribution >= 4 is 5.96 Å². The summed E-state index contributed by atoms with van der Waals surface area (Å²) in [6, 6.07) is 1.11. The molecule has 0 fully saturated rings. The third-order valence-corrected chi connectivity index (χ3v) is 4.54. The standard InChI is InChI=1S/C18H36N6/c1-13(2)24(14(3)4)12-11-21-18(19-7)20-10-9-17-15(5)22-23(8)16(17)6/h13-14H,9-12H2,1-8H3,(H2,19,20,21). The molecule has 0 radical (unpaired) electrons. The highest BCUT2D eigenvalue weighted by Crippen LogP contribution is 2.11. The Labute approximate surface area is 147 Å². The zero-order valence-electron chi connectivity index (χ0n) is 16.8. The Morgan fingerprint density at radius 3 is 2.17 bits per heavy atom. The van der Waals surface area contributed by atoms with Gasteiger partial charge in [-0.25, -0.2) is 0 Å². The van der Waals surface area contributed by atoms with Gasteiger partial charge in [0, 0.05) is 51.5 Å². The number of rotatable bonds is 8. The van der Waals surface area contributed by atoms with E-state index >= 15 is 0 Å². The molecule has 1 rings (SSSR count). The van der Waals surface area contributed by atoms with E-state index in [4.69, 9.17) is 0 Å². The van der Waals surface area contributed by atoms with Crippen LogP contribution in [0.1, 0.15) is 44.6 Å². The van der Waals surface area contributed by atoms with Crippen LogP contribution in [0.3, 0.4) is 0 Å². The van der Waals surface area contributed by atoms with Gasteiger partial charge in [-0.2, -0.15) is 5.10 Å².